The molecule has 0 N–H and O–H groups in total. The smallest absolute Gasteiger partial charge is 0.226 e. The maximum absolute atomic E-state index is 12.4. The summed E-state index contributed by atoms with van der Waals surface area (Å²) in [5.74, 6) is 1.46. The number of rotatable bonds is 8. The predicted octanol–water partition coefficient (Wildman–Crippen LogP) is 3.61. The van der Waals surface area contributed by atoms with E-state index in [2.05, 4.69) is 6.07 Å². The van der Waals surface area contributed by atoms with Crippen LogP contribution in [-0.2, 0) is 11.3 Å². The standard InChI is InChI=1S/C19H22N2O3/c1-15-6-7-16(2)18(13-15)24-12-8-19(22)21(10-4-9-20)14-17-5-3-11-23-17/h3,5-7,11,13H,4,8,10,12,14H2,1-2H3. The van der Waals surface area contributed by atoms with Gasteiger partial charge in [-0.3, -0.25) is 4.79 Å². The monoisotopic (exact) mass is 326 g/mol. The molecule has 1 aromatic carbocycles. The second-order valence-electron chi connectivity index (χ2n) is 5.67. The highest BCUT2D eigenvalue weighted by Crippen LogP contribution is 2.19. The predicted molar refractivity (Wildman–Crippen MR) is 90.4 cm³/mol. The van der Waals surface area contributed by atoms with E-state index < -0.39 is 0 Å². The molecular weight excluding hydrogens is 304 g/mol. The van der Waals surface area contributed by atoms with Gasteiger partial charge < -0.3 is 14.1 Å². The largest absolute Gasteiger partial charge is 0.493 e. The zero-order valence-corrected chi connectivity index (χ0v) is 14.1. The van der Waals surface area contributed by atoms with E-state index in [1.54, 1.807) is 17.2 Å². The minimum atomic E-state index is -0.0491. The van der Waals surface area contributed by atoms with Crippen LogP contribution in [0.1, 0.15) is 29.7 Å². The second-order valence-corrected chi connectivity index (χ2v) is 5.67. The Morgan fingerprint density at radius 2 is 2.17 bits per heavy atom. The fourth-order valence-electron chi connectivity index (χ4n) is 2.34. The topological polar surface area (TPSA) is 66.5 Å². The van der Waals surface area contributed by atoms with Crippen molar-refractivity contribution in [1.82, 2.24) is 4.90 Å². The molecule has 2 rings (SSSR count). The number of amides is 1. The third-order valence-electron chi connectivity index (χ3n) is 3.69. The summed E-state index contributed by atoms with van der Waals surface area (Å²) in [6, 6.07) is 11.7. The van der Waals surface area contributed by atoms with Gasteiger partial charge in [0, 0.05) is 6.54 Å². The summed E-state index contributed by atoms with van der Waals surface area (Å²) in [6.07, 6.45) is 2.13. The average Bonchev–Trinajstić information content (AvgIpc) is 3.07. The maximum atomic E-state index is 12.4. The highest BCUT2D eigenvalue weighted by molar-refractivity contribution is 5.76. The van der Waals surface area contributed by atoms with E-state index in [0.29, 0.717) is 31.9 Å². The number of hydrogen-bond donors (Lipinski definition) is 0. The van der Waals surface area contributed by atoms with Gasteiger partial charge in [0.25, 0.3) is 0 Å². The number of nitriles is 1. The number of carbonyl (C=O) groups excluding carboxylic acids is 1. The van der Waals surface area contributed by atoms with Crippen LogP contribution in [0.15, 0.2) is 41.0 Å². The van der Waals surface area contributed by atoms with E-state index in [4.69, 9.17) is 14.4 Å². The van der Waals surface area contributed by atoms with Crippen LogP contribution in [0.25, 0.3) is 0 Å². The highest BCUT2D eigenvalue weighted by Gasteiger charge is 2.15. The Labute approximate surface area is 142 Å². The van der Waals surface area contributed by atoms with Gasteiger partial charge in [-0.15, -0.1) is 0 Å². The SMILES string of the molecule is Cc1ccc(C)c(OCCC(=O)N(CCC#N)Cc2ccco2)c1. The molecule has 0 saturated heterocycles. The Hall–Kier alpha value is -2.74. The van der Waals surface area contributed by atoms with Gasteiger partial charge in [0.05, 0.1) is 38.3 Å². The summed E-state index contributed by atoms with van der Waals surface area (Å²) in [5.41, 5.74) is 2.17. The fraction of sp³-hybridized carbons (Fsp3) is 0.368. The van der Waals surface area contributed by atoms with Crippen molar-refractivity contribution in [2.75, 3.05) is 13.2 Å². The maximum Gasteiger partial charge on any atom is 0.226 e. The molecular formula is C19H22N2O3. The summed E-state index contributed by atoms with van der Waals surface area (Å²) < 4.78 is 11.0. The Kier molecular flexibility index (Phi) is 6.44. The molecule has 0 aliphatic heterocycles. The summed E-state index contributed by atoms with van der Waals surface area (Å²) >= 11 is 0. The molecule has 0 spiro atoms. The molecule has 0 saturated carbocycles. The van der Waals surface area contributed by atoms with Gasteiger partial charge in [0.1, 0.15) is 11.5 Å². The number of aryl methyl sites for hydroxylation is 2. The van der Waals surface area contributed by atoms with E-state index in [9.17, 15) is 4.79 Å². The molecule has 0 bridgehead atoms. The molecule has 0 aliphatic carbocycles. The third kappa shape index (κ3) is 5.17. The Morgan fingerprint density at radius 1 is 1.33 bits per heavy atom. The average molecular weight is 326 g/mol. The van der Waals surface area contributed by atoms with Gasteiger partial charge in [-0.2, -0.15) is 5.26 Å². The van der Waals surface area contributed by atoms with Crippen molar-refractivity contribution in [2.24, 2.45) is 0 Å². The van der Waals surface area contributed by atoms with E-state index in [0.717, 1.165) is 16.9 Å². The van der Waals surface area contributed by atoms with Crippen LogP contribution in [0.2, 0.25) is 0 Å². The van der Waals surface area contributed by atoms with Gasteiger partial charge in [-0.05, 0) is 43.2 Å². The lowest BCUT2D eigenvalue weighted by atomic mass is 10.1. The molecule has 0 unspecified atom stereocenters. The van der Waals surface area contributed by atoms with E-state index in [1.165, 1.54) is 0 Å². The number of carbonyl (C=O) groups is 1. The van der Waals surface area contributed by atoms with Crippen molar-refractivity contribution < 1.29 is 13.9 Å². The molecule has 126 valence electrons. The van der Waals surface area contributed by atoms with Crippen LogP contribution < -0.4 is 4.74 Å². The number of nitrogens with zero attached hydrogens (tertiary/aromatic N) is 2. The first-order valence-corrected chi connectivity index (χ1v) is 7.97. The first-order chi connectivity index (χ1) is 11.6. The molecule has 0 radical (unpaired) electrons. The van der Waals surface area contributed by atoms with E-state index in [1.807, 2.05) is 38.1 Å². The minimum absolute atomic E-state index is 0.0491. The number of hydrogen-bond acceptors (Lipinski definition) is 4. The van der Waals surface area contributed by atoms with Crippen molar-refractivity contribution in [3.63, 3.8) is 0 Å². The van der Waals surface area contributed by atoms with Crippen molar-refractivity contribution in [3.8, 4) is 11.8 Å². The van der Waals surface area contributed by atoms with Crippen molar-refractivity contribution in [3.05, 3.63) is 53.5 Å². The summed E-state index contributed by atoms with van der Waals surface area (Å²) in [4.78, 5) is 14.0. The molecule has 0 atom stereocenters. The fourth-order valence-corrected chi connectivity index (χ4v) is 2.34. The number of furan rings is 1. The molecule has 5 nitrogen and oxygen atoms in total. The molecule has 2 aromatic rings. The lowest BCUT2D eigenvalue weighted by Gasteiger charge is -2.20. The molecule has 5 heteroatoms. The molecule has 1 heterocycles. The molecule has 0 aliphatic rings. The van der Waals surface area contributed by atoms with E-state index in [-0.39, 0.29) is 12.3 Å². The van der Waals surface area contributed by atoms with Crippen LogP contribution >= 0.6 is 0 Å². The van der Waals surface area contributed by atoms with Gasteiger partial charge in [-0.1, -0.05) is 12.1 Å². The Balaban J connectivity index is 1.89. The Bertz CT molecular complexity index is 702. The van der Waals surface area contributed by atoms with Gasteiger partial charge in [0.2, 0.25) is 5.91 Å². The zero-order chi connectivity index (χ0) is 17.4. The summed E-state index contributed by atoms with van der Waals surface area (Å²) in [6.45, 7) is 5.05. The van der Waals surface area contributed by atoms with Crippen LogP contribution in [0, 0.1) is 25.2 Å². The van der Waals surface area contributed by atoms with Crippen LogP contribution in [0.3, 0.4) is 0 Å². The summed E-state index contributed by atoms with van der Waals surface area (Å²) in [5, 5.41) is 8.77. The molecule has 1 aromatic heterocycles. The number of ether oxygens (including phenoxy) is 1. The molecule has 1 amide bonds. The van der Waals surface area contributed by atoms with Crippen LogP contribution in [-0.4, -0.2) is 24.0 Å². The van der Waals surface area contributed by atoms with Crippen molar-refractivity contribution in [1.29, 1.82) is 5.26 Å². The molecule has 0 fully saturated rings. The molecule has 24 heavy (non-hydrogen) atoms. The van der Waals surface area contributed by atoms with Gasteiger partial charge in [0.15, 0.2) is 0 Å². The number of benzene rings is 1. The van der Waals surface area contributed by atoms with E-state index >= 15 is 0 Å². The first-order valence-electron chi connectivity index (χ1n) is 7.97. The minimum Gasteiger partial charge on any atom is -0.493 e. The first kappa shape index (κ1) is 17.6. The lowest BCUT2D eigenvalue weighted by molar-refractivity contribution is -0.132. The van der Waals surface area contributed by atoms with Crippen LogP contribution in [0.5, 0.6) is 5.75 Å². The quantitative estimate of drug-likeness (QED) is 0.743. The second kappa shape index (κ2) is 8.78. The van der Waals surface area contributed by atoms with Crippen molar-refractivity contribution in [2.45, 2.75) is 33.2 Å². The zero-order valence-electron chi connectivity index (χ0n) is 14.1. The lowest BCUT2D eigenvalue weighted by Crippen LogP contribution is -2.32. The third-order valence-corrected chi connectivity index (χ3v) is 3.69. The normalized spacial score (nSPS) is 10.2. The van der Waals surface area contributed by atoms with Gasteiger partial charge in [-0.25, -0.2) is 0 Å². The van der Waals surface area contributed by atoms with Crippen LogP contribution in [0.4, 0.5) is 0 Å². The highest BCUT2D eigenvalue weighted by atomic mass is 16.5. The van der Waals surface area contributed by atoms with Crippen molar-refractivity contribution >= 4 is 5.91 Å². The van der Waals surface area contributed by atoms with Gasteiger partial charge >= 0.3 is 0 Å². The summed E-state index contributed by atoms with van der Waals surface area (Å²) in [7, 11) is 0. The Morgan fingerprint density at radius 3 is 2.88 bits per heavy atom.